The highest BCUT2D eigenvalue weighted by atomic mass is 32.2. The number of nitrogens with zero attached hydrogens (tertiary/aromatic N) is 1. The van der Waals surface area contributed by atoms with E-state index in [1.807, 2.05) is 6.92 Å². The molecular formula is C14H25N3O3S. The lowest BCUT2D eigenvalue weighted by Gasteiger charge is -2.14. The fourth-order valence-corrected chi connectivity index (χ4v) is 2.70. The van der Waals surface area contributed by atoms with Crippen LogP contribution in [0.2, 0.25) is 0 Å². The third-order valence-corrected chi connectivity index (χ3v) is 4.22. The standard InChI is InChI=1S/C14H25N3O3S/c1-10(2)6-5-7-11(3)16-14(18)13-8-12(9-17(13)4)21(15,19)20/h8-11H,5-7H2,1-4H3,(H,16,18)(H2,15,19,20). The molecular weight excluding hydrogens is 290 g/mol. The molecule has 6 nitrogen and oxygen atoms in total. The molecule has 3 N–H and O–H groups in total. The molecule has 1 atom stereocenters. The lowest BCUT2D eigenvalue weighted by Crippen LogP contribution is -2.33. The third kappa shape index (κ3) is 5.51. The van der Waals surface area contributed by atoms with Crippen molar-refractivity contribution in [3.8, 4) is 0 Å². The first-order valence-corrected chi connectivity index (χ1v) is 8.66. The number of primary sulfonamides is 1. The fourth-order valence-electron chi connectivity index (χ4n) is 2.12. The number of carbonyl (C=O) groups excluding carboxylic acids is 1. The van der Waals surface area contributed by atoms with Gasteiger partial charge in [-0.25, -0.2) is 13.6 Å². The normalized spacial score (nSPS) is 13.4. The molecule has 0 aromatic carbocycles. The maximum atomic E-state index is 12.1. The first-order valence-electron chi connectivity index (χ1n) is 7.11. The summed E-state index contributed by atoms with van der Waals surface area (Å²) in [5.74, 6) is 0.363. The van der Waals surface area contributed by atoms with Crippen molar-refractivity contribution in [2.45, 2.75) is 51.0 Å². The van der Waals surface area contributed by atoms with Crippen LogP contribution in [0.15, 0.2) is 17.2 Å². The van der Waals surface area contributed by atoms with Crippen LogP contribution in [0.1, 0.15) is 50.5 Å². The number of hydrogen-bond acceptors (Lipinski definition) is 3. The van der Waals surface area contributed by atoms with Gasteiger partial charge in [-0.1, -0.05) is 26.7 Å². The van der Waals surface area contributed by atoms with E-state index in [0.717, 1.165) is 19.3 Å². The van der Waals surface area contributed by atoms with Crippen LogP contribution >= 0.6 is 0 Å². The number of amides is 1. The highest BCUT2D eigenvalue weighted by Gasteiger charge is 2.18. The number of aromatic nitrogens is 1. The maximum absolute atomic E-state index is 12.1. The topological polar surface area (TPSA) is 94.2 Å². The summed E-state index contributed by atoms with van der Waals surface area (Å²) >= 11 is 0. The van der Waals surface area contributed by atoms with Crippen LogP contribution in [0.25, 0.3) is 0 Å². The summed E-state index contributed by atoms with van der Waals surface area (Å²) in [7, 11) is -2.17. The van der Waals surface area contributed by atoms with Gasteiger partial charge in [-0.05, 0) is 25.3 Å². The molecule has 1 aromatic rings. The second kappa shape index (κ2) is 7.09. The largest absolute Gasteiger partial charge is 0.348 e. The molecule has 0 aliphatic carbocycles. The van der Waals surface area contributed by atoms with Gasteiger partial charge in [0.2, 0.25) is 10.0 Å². The number of carbonyl (C=O) groups is 1. The SMILES string of the molecule is CC(C)CCCC(C)NC(=O)c1cc(S(N)(=O)=O)cn1C. The van der Waals surface area contributed by atoms with E-state index < -0.39 is 10.0 Å². The van der Waals surface area contributed by atoms with Crippen molar-refractivity contribution in [1.29, 1.82) is 0 Å². The zero-order valence-electron chi connectivity index (χ0n) is 13.1. The minimum Gasteiger partial charge on any atom is -0.348 e. The van der Waals surface area contributed by atoms with Crippen molar-refractivity contribution < 1.29 is 13.2 Å². The maximum Gasteiger partial charge on any atom is 0.268 e. The van der Waals surface area contributed by atoms with Crippen LogP contribution in [0.4, 0.5) is 0 Å². The predicted octanol–water partition coefficient (Wildman–Crippen LogP) is 1.62. The van der Waals surface area contributed by atoms with E-state index in [4.69, 9.17) is 5.14 Å². The van der Waals surface area contributed by atoms with Crippen molar-refractivity contribution in [1.82, 2.24) is 9.88 Å². The zero-order chi connectivity index (χ0) is 16.2. The smallest absolute Gasteiger partial charge is 0.268 e. The molecule has 1 aromatic heterocycles. The molecule has 0 aliphatic heterocycles. The number of hydrogen-bond donors (Lipinski definition) is 2. The summed E-state index contributed by atoms with van der Waals surface area (Å²) in [6.07, 6.45) is 4.42. The molecule has 120 valence electrons. The molecule has 0 spiro atoms. The Balaban J connectivity index is 2.66. The summed E-state index contributed by atoms with van der Waals surface area (Å²) in [4.78, 5) is 12.1. The third-order valence-electron chi connectivity index (χ3n) is 3.34. The molecule has 1 heterocycles. The highest BCUT2D eigenvalue weighted by molar-refractivity contribution is 7.89. The Bertz CT molecular complexity index is 591. The molecule has 0 radical (unpaired) electrons. The van der Waals surface area contributed by atoms with Crippen molar-refractivity contribution in [2.24, 2.45) is 18.1 Å². The summed E-state index contributed by atoms with van der Waals surface area (Å²) in [5, 5.41) is 7.94. The summed E-state index contributed by atoms with van der Waals surface area (Å²) in [6, 6.07) is 1.34. The molecule has 1 unspecified atom stereocenters. The van der Waals surface area contributed by atoms with Gasteiger partial charge in [-0.2, -0.15) is 0 Å². The monoisotopic (exact) mass is 315 g/mol. The van der Waals surface area contributed by atoms with Gasteiger partial charge in [0.1, 0.15) is 10.6 Å². The van der Waals surface area contributed by atoms with Crippen molar-refractivity contribution in [2.75, 3.05) is 0 Å². The molecule has 21 heavy (non-hydrogen) atoms. The van der Waals surface area contributed by atoms with E-state index in [1.165, 1.54) is 16.8 Å². The minimum absolute atomic E-state index is 0.0454. The Kier molecular flexibility index (Phi) is 5.98. The number of sulfonamides is 1. The second-order valence-corrected chi connectivity index (χ2v) is 7.48. The molecule has 7 heteroatoms. The fraction of sp³-hybridized carbons (Fsp3) is 0.643. The van der Waals surface area contributed by atoms with E-state index >= 15 is 0 Å². The zero-order valence-corrected chi connectivity index (χ0v) is 13.9. The van der Waals surface area contributed by atoms with Crippen LogP contribution in [0.5, 0.6) is 0 Å². The van der Waals surface area contributed by atoms with Crippen LogP contribution < -0.4 is 10.5 Å². The summed E-state index contributed by atoms with van der Waals surface area (Å²) in [5.41, 5.74) is 0.287. The van der Waals surface area contributed by atoms with Gasteiger partial charge in [-0.3, -0.25) is 4.79 Å². The van der Waals surface area contributed by atoms with E-state index in [2.05, 4.69) is 19.2 Å². The van der Waals surface area contributed by atoms with Gasteiger partial charge in [0, 0.05) is 19.3 Å². The number of nitrogens with two attached hydrogens (primary N) is 1. The van der Waals surface area contributed by atoms with Crippen molar-refractivity contribution >= 4 is 15.9 Å². The second-order valence-electron chi connectivity index (χ2n) is 5.92. The van der Waals surface area contributed by atoms with Gasteiger partial charge in [-0.15, -0.1) is 0 Å². The first kappa shape index (κ1) is 17.7. The van der Waals surface area contributed by atoms with E-state index in [0.29, 0.717) is 5.92 Å². The quantitative estimate of drug-likeness (QED) is 0.800. The number of rotatable bonds is 7. The van der Waals surface area contributed by atoms with Gasteiger partial charge in [0.15, 0.2) is 0 Å². The molecule has 0 fully saturated rings. The van der Waals surface area contributed by atoms with Crippen molar-refractivity contribution in [3.63, 3.8) is 0 Å². The van der Waals surface area contributed by atoms with Crippen molar-refractivity contribution in [3.05, 3.63) is 18.0 Å². The average Bonchev–Trinajstić information content (AvgIpc) is 2.70. The Labute approximate surface area is 126 Å². The molecule has 0 saturated carbocycles. The van der Waals surface area contributed by atoms with E-state index in [9.17, 15) is 13.2 Å². The van der Waals surface area contributed by atoms with Crippen LogP contribution in [-0.4, -0.2) is 24.9 Å². The van der Waals surface area contributed by atoms with E-state index in [1.54, 1.807) is 7.05 Å². The molecule has 0 saturated heterocycles. The lowest BCUT2D eigenvalue weighted by molar-refractivity contribution is 0.0929. The van der Waals surface area contributed by atoms with Crippen LogP contribution in [0.3, 0.4) is 0 Å². The van der Waals surface area contributed by atoms with Crippen LogP contribution in [-0.2, 0) is 17.1 Å². The van der Waals surface area contributed by atoms with E-state index in [-0.39, 0.29) is 22.5 Å². The number of nitrogens with one attached hydrogen (secondary N) is 1. The number of aryl methyl sites for hydroxylation is 1. The first-order chi connectivity index (χ1) is 9.61. The molecule has 0 bridgehead atoms. The Morgan fingerprint density at radius 1 is 1.33 bits per heavy atom. The molecule has 0 aliphatic rings. The average molecular weight is 315 g/mol. The van der Waals surface area contributed by atoms with Gasteiger partial charge in [0.25, 0.3) is 5.91 Å². The van der Waals surface area contributed by atoms with Gasteiger partial charge >= 0.3 is 0 Å². The summed E-state index contributed by atoms with van der Waals surface area (Å²) < 4.78 is 24.0. The van der Waals surface area contributed by atoms with Crippen LogP contribution in [0, 0.1) is 5.92 Å². The lowest BCUT2D eigenvalue weighted by atomic mass is 10.0. The highest BCUT2D eigenvalue weighted by Crippen LogP contribution is 2.13. The Morgan fingerprint density at radius 3 is 2.43 bits per heavy atom. The Hall–Kier alpha value is -1.34. The molecule has 1 amide bonds. The molecule has 1 rings (SSSR count). The minimum atomic E-state index is -3.79. The predicted molar refractivity (Wildman–Crippen MR) is 82.4 cm³/mol. The van der Waals surface area contributed by atoms with Gasteiger partial charge < -0.3 is 9.88 Å². The summed E-state index contributed by atoms with van der Waals surface area (Å²) in [6.45, 7) is 6.28. The Morgan fingerprint density at radius 2 is 1.95 bits per heavy atom. The van der Waals surface area contributed by atoms with Gasteiger partial charge in [0.05, 0.1) is 0 Å².